The lowest BCUT2D eigenvalue weighted by Crippen LogP contribution is -2.47. The highest BCUT2D eigenvalue weighted by atomic mass is 19.1. The Kier molecular flexibility index (Phi) is 1.87. The lowest BCUT2D eigenvalue weighted by molar-refractivity contribution is -0.131. The predicted molar refractivity (Wildman–Crippen MR) is 33.7 cm³/mol. The lowest BCUT2D eigenvalue weighted by atomic mass is 10.1. The van der Waals surface area contributed by atoms with Crippen LogP contribution in [0, 0.1) is 0 Å². The van der Waals surface area contributed by atoms with Crippen LogP contribution in [0.3, 0.4) is 0 Å². The van der Waals surface area contributed by atoms with E-state index in [0.717, 1.165) is 0 Å². The van der Waals surface area contributed by atoms with E-state index in [1.807, 2.05) is 0 Å². The molecule has 10 heavy (non-hydrogen) atoms. The molecule has 1 aliphatic heterocycles. The van der Waals surface area contributed by atoms with Crippen molar-refractivity contribution in [2.75, 3.05) is 13.1 Å². The van der Waals surface area contributed by atoms with Gasteiger partial charge in [0.1, 0.15) is 0 Å². The number of carbonyl (C=O) groups excluding carboxylic acids is 1. The molecule has 1 unspecified atom stereocenters. The van der Waals surface area contributed by atoms with E-state index in [2.05, 4.69) is 5.32 Å². The van der Waals surface area contributed by atoms with Crippen molar-refractivity contribution in [2.45, 2.75) is 12.1 Å². The van der Waals surface area contributed by atoms with Gasteiger partial charge in [0.2, 0.25) is 5.67 Å². The minimum Gasteiger partial charge on any atom is -0.313 e. The van der Waals surface area contributed by atoms with Crippen LogP contribution in [0.2, 0.25) is 0 Å². The van der Waals surface area contributed by atoms with Crippen LogP contribution in [0.5, 0.6) is 0 Å². The maximum absolute atomic E-state index is 13.2. The number of halogens is 1. The van der Waals surface area contributed by atoms with E-state index in [1.165, 1.54) is 0 Å². The first-order valence-electron chi connectivity index (χ1n) is 3.10. The maximum atomic E-state index is 13.2. The Labute approximate surface area is 57.9 Å². The van der Waals surface area contributed by atoms with Crippen LogP contribution in [-0.2, 0) is 4.79 Å². The summed E-state index contributed by atoms with van der Waals surface area (Å²) in [6.07, 6.45) is 0.204. The van der Waals surface area contributed by atoms with Crippen LogP contribution in [0.15, 0.2) is 0 Å². The molecule has 0 aromatic carbocycles. The number of rotatable bonds is 1. The third-order valence-electron chi connectivity index (χ3n) is 1.64. The lowest BCUT2D eigenvalue weighted by Gasteiger charge is -2.14. The molecule has 5 heteroatoms. The summed E-state index contributed by atoms with van der Waals surface area (Å²) in [5, 5.41) is 2.74. The molecule has 4 N–H and O–H groups in total. The molecule has 1 heterocycles. The van der Waals surface area contributed by atoms with Gasteiger partial charge in [-0.05, 0) is 6.54 Å². The first-order valence-corrected chi connectivity index (χ1v) is 3.10. The minimum absolute atomic E-state index is 0.0655. The van der Waals surface area contributed by atoms with E-state index in [4.69, 9.17) is 5.84 Å². The molecule has 4 nitrogen and oxygen atoms in total. The van der Waals surface area contributed by atoms with Crippen LogP contribution in [0.4, 0.5) is 4.39 Å². The molecule has 1 atom stereocenters. The number of nitrogens with one attached hydrogen (secondary N) is 2. The molecule has 0 aromatic rings. The van der Waals surface area contributed by atoms with Gasteiger partial charge < -0.3 is 5.32 Å². The summed E-state index contributed by atoms with van der Waals surface area (Å²) in [7, 11) is 0. The van der Waals surface area contributed by atoms with Crippen molar-refractivity contribution < 1.29 is 9.18 Å². The van der Waals surface area contributed by atoms with Crippen LogP contribution in [0.25, 0.3) is 0 Å². The van der Waals surface area contributed by atoms with E-state index < -0.39 is 11.6 Å². The molecule has 1 fully saturated rings. The van der Waals surface area contributed by atoms with Gasteiger partial charge in [0.15, 0.2) is 0 Å². The van der Waals surface area contributed by atoms with E-state index in [1.54, 1.807) is 5.43 Å². The van der Waals surface area contributed by atoms with Gasteiger partial charge in [0.25, 0.3) is 5.91 Å². The third-order valence-corrected chi connectivity index (χ3v) is 1.64. The van der Waals surface area contributed by atoms with E-state index in [0.29, 0.717) is 6.54 Å². The summed E-state index contributed by atoms with van der Waals surface area (Å²) in [4.78, 5) is 10.7. The Bertz CT molecular complexity index is 144. The van der Waals surface area contributed by atoms with Gasteiger partial charge in [0, 0.05) is 13.0 Å². The molecule has 0 saturated carbocycles. The van der Waals surface area contributed by atoms with Crippen LogP contribution >= 0.6 is 0 Å². The monoisotopic (exact) mass is 147 g/mol. The van der Waals surface area contributed by atoms with Crippen molar-refractivity contribution in [3.05, 3.63) is 0 Å². The number of carbonyl (C=O) groups is 1. The van der Waals surface area contributed by atoms with Gasteiger partial charge in [-0.25, -0.2) is 10.2 Å². The van der Waals surface area contributed by atoms with Crippen molar-refractivity contribution in [1.29, 1.82) is 0 Å². The van der Waals surface area contributed by atoms with Crippen molar-refractivity contribution >= 4 is 5.91 Å². The molecule has 0 bridgehead atoms. The molecule has 1 rings (SSSR count). The SMILES string of the molecule is NNC(=O)C1(F)CCNC1. The summed E-state index contributed by atoms with van der Waals surface area (Å²) in [5.74, 6) is 4.03. The first kappa shape index (κ1) is 7.43. The summed E-state index contributed by atoms with van der Waals surface area (Å²) >= 11 is 0. The Morgan fingerprint density at radius 3 is 2.90 bits per heavy atom. The molecular formula is C5H10FN3O. The number of nitrogens with two attached hydrogens (primary N) is 1. The fourth-order valence-electron chi connectivity index (χ4n) is 0.985. The molecule has 0 aliphatic carbocycles. The molecule has 0 spiro atoms. The van der Waals surface area contributed by atoms with Crippen molar-refractivity contribution in [1.82, 2.24) is 10.7 Å². The van der Waals surface area contributed by atoms with Gasteiger partial charge >= 0.3 is 0 Å². The Morgan fingerprint density at radius 2 is 2.50 bits per heavy atom. The zero-order chi connectivity index (χ0) is 7.61. The Hall–Kier alpha value is -0.680. The summed E-state index contributed by atoms with van der Waals surface area (Å²) in [5.41, 5.74) is 0.0105. The van der Waals surface area contributed by atoms with Gasteiger partial charge in [0.05, 0.1) is 0 Å². The normalized spacial score (nSPS) is 32.2. The fraction of sp³-hybridized carbons (Fsp3) is 0.800. The van der Waals surface area contributed by atoms with Gasteiger partial charge in [-0.2, -0.15) is 0 Å². The molecule has 58 valence electrons. The number of hydrogen-bond acceptors (Lipinski definition) is 3. The second kappa shape index (κ2) is 2.51. The van der Waals surface area contributed by atoms with Gasteiger partial charge in [-0.3, -0.25) is 10.2 Å². The minimum atomic E-state index is -1.78. The van der Waals surface area contributed by atoms with E-state index >= 15 is 0 Å². The average molecular weight is 147 g/mol. The van der Waals surface area contributed by atoms with E-state index in [-0.39, 0.29) is 13.0 Å². The number of hydrogen-bond donors (Lipinski definition) is 3. The molecule has 1 saturated heterocycles. The third kappa shape index (κ3) is 1.10. The molecular weight excluding hydrogens is 137 g/mol. The average Bonchev–Trinajstić information content (AvgIpc) is 2.36. The van der Waals surface area contributed by atoms with Gasteiger partial charge in [-0.1, -0.05) is 0 Å². The number of alkyl halides is 1. The maximum Gasteiger partial charge on any atom is 0.272 e. The standard InChI is InChI=1S/C5H10FN3O/c6-5(4(10)9-7)1-2-8-3-5/h8H,1-3,7H2,(H,9,10). The van der Waals surface area contributed by atoms with Crippen molar-refractivity contribution in [3.8, 4) is 0 Å². The smallest absolute Gasteiger partial charge is 0.272 e. The van der Waals surface area contributed by atoms with Crippen LogP contribution < -0.4 is 16.6 Å². The highest BCUT2D eigenvalue weighted by molar-refractivity contribution is 5.85. The summed E-state index contributed by atoms with van der Waals surface area (Å²) in [6, 6.07) is 0. The van der Waals surface area contributed by atoms with Crippen molar-refractivity contribution in [3.63, 3.8) is 0 Å². The Balaban J connectivity index is 2.58. The highest BCUT2D eigenvalue weighted by Gasteiger charge is 2.40. The number of hydrazine groups is 1. The number of amides is 1. The van der Waals surface area contributed by atoms with Crippen LogP contribution in [-0.4, -0.2) is 24.7 Å². The topological polar surface area (TPSA) is 67.1 Å². The fourth-order valence-corrected chi connectivity index (χ4v) is 0.985. The molecule has 1 aliphatic rings. The van der Waals surface area contributed by atoms with Crippen molar-refractivity contribution in [2.24, 2.45) is 5.84 Å². The first-order chi connectivity index (χ1) is 4.69. The van der Waals surface area contributed by atoms with Crippen LogP contribution in [0.1, 0.15) is 6.42 Å². The second-order valence-corrected chi connectivity index (χ2v) is 2.37. The quantitative estimate of drug-likeness (QED) is 0.245. The summed E-state index contributed by atoms with van der Waals surface area (Å²) < 4.78 is 13.2. The second-order valence-electron chi connectivity index (χ2n) is 2.37. The van der Waals surface area contributed by atoms with E-state index in [9.17, 15) is 9.18 Å². The molecule has 0 aromatic heterocycles. The Morgan fingerprint density at radius 1 is 1.80 bits per heavy atom. The predicted octanol–water partition coefficient (Wildman–Crippen LogP) is -1.32. The molecule has 0 radical (unpaired) electrons. The zero-order valence-electron chi connectivity index (χ0n) is 5.48. The molecule has 1 amide bonds. The van der Waals surface area contributed by atoms with Gasteiger partial charge in [-0.15, -0.1) is 0 Å². The summed E-state index contributed by atoms with van der Waals surface area (Å²) in [6.45, 7) is 0.597. The largest absolute Gasteiger partial charge is 0.313 e. The highest BCUT2D eigenvalue weighted by Crippen LogP contribution is 2.18. The zero-order valence-corrected chi connectivity index (χ0v) is 5.48.